The van der Waals surface area contributed by atoms with E-state index in [4.69, 9.17) is 11.0 Å². The smallest absolute Gasteiger partial charge is 0.142 e. The number of nitriles is 1. The molecule has 4 nitrogen and oxygen atoms in total. The third kappa shape index (κ3) is 2.25. The highest BCUT2D eigenvalue weighted by Gasteiger charge is 2.23. The van der Waals surface area contributed by atoms with E-state index in [9.17, 15) is 0 Å². The number of pyridine rings is 1. The van der Waals surface area contributed by atoms with Gasteiger partial charge in [-0.3, -0.25) is 0 Å². The minimum atomic E-state index is 0.226. The van der Waals surface area contributed by atoms with Crippen molar-refractivity contribution in [1.29, 1.82) is 5.26 Å². The number of aromatic nitrogens is 1. The molecule has 0 spiro atoms. The van der Waals surface area contributed by atoms with Crippen LogP contribution in [-0.2, 0) is 0 Å². The lowest BCUT2D eigenvalue weighted by atomic mass is 10.2. The molecule has 0 aliphatic heterocycles. The van der Waals surface area contributed by atoms with Crippen molar-refractivity contribution >= 4 is 5.69 Å². The van der Waals surface area contributed by atoms with Crippen LogP contribution >= 0.6 is 0 Å². The summed E-state index contributed by atoms with van der Waals surface area (Å²) in [5.41, 5.74) is 7.33. The number of hydrogen-bond acceptors (Lipinski definition) is 4. The van der Waals surface area contributed by atoms with Crippen LogP contribution in [0.1, 0.15) is 25.0 Å². The Bertz CT molecular complexity index is 382. The van der Waals surface area contributed by atoms with Crippen molar-refractivity contribution in [2.45, 2.75) is 31.3 Å². The van der Waals surface area contributed by atoms with Gasteiger partial charge in [-0.25, -0.2) is 4.98 Å². The molecule has 3 N–H and O–H groups in total. The molecule has 1 heterocycles. The predicted molar refractivity (Wildman–Crippen MR) is 58.2 cm³/mol. The Morgan fingerprint density at radius 1 is 1.53 bits per heavy atom. The van der Waals surface area contributed by atoms with Crippen molar-refractivity contribution in [1.82, 2.24) is 4.98 Å². The average Bonchev–Trinajstić information content (AvgIpc) is 2.65. The molecule has 1 aromatic rings. The van der Waals surface area contributed by atoms with Crippen LogP contribution < -0.4 is 11.1 Å². The summed E-state index contributed by atoms with van der Waals surface area (Å²) in [6.45, 7) is 0. The maximum Gasteiger partial charge on any atom is 0.142 e. The number of nitrogens with zero attached hydrogens (tertiary/aromatic N) is 2. The minimum absolute atomic E-state index is 0.226. The third-order valence-electron chi connectivity index (χ3n) is 2.80. The van der Waals surface area contributed by atoms with Crippen LogP contribution in [0.25, 0.3) is 0 Å². The van der Waals surface area contributed by atoms with Crippen LogP contribution in [0.4, 0.5) is 5.69 Å². The number of rotatable bonds is 2. The van der Waals surface area contributed by atoms with E-state index in [1.165, 1.54) is 6.42 Å². The van der Waals surface area contributed by atoms with Gasteiger partial charge in [0.1, 0.15) is 11.8 Å². The minimum Gasteiger partial charge on any atom is -0.381 e. The summed E-state index contributed by atoms with van der Waals surface area (Å²) in [7, 11) is 0. The van der Waals surface area contributed by atoms with E-state index in [2.05, 4.69) is 10.3 Å². The first-order chi connectivity index (χ1) is 7.29. The Labute approximate surface area is 89.1 Å². The molecular weight excluding hydrogens is 188 g/mol. The summed E-state index contributed by atoms with van der Waals surface area (Å²) in [4.78, 5) is 3.92. The van der Waals surface area contributed by atoms with Crippen LogP contribution in [-0.4, -0.2) is 17.1 Å². The first-order valence-electron chi connectivity index (χ1n) is 5.18. The number of hydrogen-bond donors (Lipinski definition) is 2. The van der Waals surface area contributed by atoms with E-state index in [-0.39, 0.29) is 6.04 Å². The molecule has 0 saturated heterocycles. The van der Waals surface area contributed by atoms with Gasteiger partial charge in [0.25, 0.3) is 0 Å². The second-order valence-electron chi connectivity index (χ2n) is 3.89. The summed E-state index contributed by atoms with van der Waals surface area (Å²) in [6.07, 6.45) is 5.00. The Kier molecular flexibility index (Phi) is 2.84. The summed E-state index contributed by atoms with van der Waals surface area (Å²) >= 11 is 0. The number of nitrogens with one attached hydrogen (secondary N) is 1. The van der Waals surface area contributed by atoms with Crippen molar-refractivity contribution in [3.05, 3.63) is 24.0 Å². The van der Waals surface area contributed by atoms with Gasteiger partial charge in [0.05, 0.1) is 0 Å². The zero-order chi connectivity index (χ0) is 10.7. The summed E-state index contributed by atoms with van der Waals surface area (Å²) < 4.78 is 0. The van der Waals surface area contributed by atoms with Crippen LogP contribution in [0, 0.1) is 11.3 Å². The molecule has 2 unspecified atom stereocenters. The molecule has 1 aliphatic carbocycles. The number of nitrogens with two attached hydrogens (primary N) is 1. The Morgan fingerprint density at radius 3 is 3.07 bits per heavy atom. The van der Waals surface area contributed by atoms with E-state index in [1.54, 1.807) is 12.3 Å². The summed E-state index contributed by atoms with van der Waals surface area (Å²) in [5, 5.41) is 12.1. The van der Waals surface area contributed by atoms with Crippen molar-refractivity contribution in [3.63, 3.8) is 0 Å². The molecule has 15 heavy (non-hydrogen) atoms. The Balaban J connectivity index is 2.07. The van der Waals surface area contributed by atoms with Crippen molar-refractivity contribution in [3.8, 4) is 6.07 Å². The fourth-order valence-electron chi connectivity index (χ4n) is 1.96. The number of anilines is 1. The highest BCUT2D eigenvalue weighted by atomic mass is 15.0. The summed E-state index contributed by atoms with van der Waals surface area (Å²) in [5.74, 6) is 0. The molecule has 1 saturated carbocycles. The van der Waals surface area contributed by atoms with Gasteiger partial charge in [-0.2, -0.15) is 5.26 Å². The van der Waals surface area contributed by atoms with Crippen molar-refractivity contribution in [2.75, 3.05) is 5.32 Å². The molecule has 0 aromatic carbocycles. The average molecular weight is 202 g/mol. The molecule has 2 rings (SSSR count). The molecule has 0 amide bonds. The topological polar surface area (TPSA) is 74.7 Å². The van der Waals surface area contributed by atoms with Gasteiger partial charge >= 0.3 is 0 Å². The van der Waals surface area contributed by atoms with Crippen LogP contribution in [0.3, 0.4) is 0 Å². The quantitative estimate of drug-likeness (QED) is 0.756. The maximum atomic E-state index is 8.71. The molecule has 2 atom stereocenters. The van der Waals surface area contributed by atoms with Gasteiger partial charge in [-0.15, -0.1) is 0 Å². The molecule has 0 radical (unpaired) electrons. The molecule has 1 fully saturated rings. The second kappa shape index (κ2) is 4.28. The summed E-state index contributed by atoms with van der Waals surface area (Å²) in [6, 6.07) is 6.20. The van der Waals surface area contributed by atoms with Crippen LogP contribution in [0.15, 0.2) is 18.3 Å². The van der Waals surface area contributed by atoms with Gasteiger partial charge in [-0.1, -0.05) is 0 Å². The standard InChI is InChI=1S/C11H14N4/c12-7-9-6-8(4-5-14-9)15-11-3-1-2-10(11)13/h4-6,10-11H,1-3,13H2,(H,14,15). The van der Waals surface area contributed by atoms with Gasteiger partial charge in [0, 0.05) is 24.0 Å². The largest absolute Gasteiger partial charge is 0.381 e. The molecule has 78 valence electrons. The zero-order valence-corrected chi connectivity index (χ0v) is 8.48. The first kappa shape index (κ1) is 9.94. The van der Waals surface area contributed by atoms with E-state index >= 15 is 0 Å². The fourth-order valence-corrected chi connectivity index (χ4v) is 1.96. The SMILES string of the molecule is N#Cc1cc(NC2CCCC2N)ccn1. The monoisotopic (exact) mass is 202 g/mol. The molecule has 0 bridgehead atoms. The zero-order valence-electron chi connectivity index (χ0n) is 8.48. The lowest BCUT2D eigenvalue weighted by molar-refractivity contribution is 0.638. The highest BCUT2D eigenvalue weighted by molar-refractivity contribution is 5.47. The molecule has 4 heteroatoms. The van der Waals surface area contributed by atoms with E-state index in [0.717, 1.165) is 18.5 Å². The third-order valence-corrected chi connectivity index (χ3v) is 2.80. The van der Waals surface area contributed by atoms with E-state index in [0.29, 0.717) is 11.7 Å². The fraction of sp³-hybridized carbons (Fsp3) is 0.455. The lowest BCUT2D eigenvalue weighted by Crippen LogP contribution is -2.35. The van der Waals surface area contributed by atoms with Gasteiger partial charge in [0.2, 0.25) is 0 Å². The molecule has 1 aliphatic rings. The van der Waals surface area contributed by atoms with Gasteiger partial charge in [-0.05, 0) is 31.4 Å². The second-order valence-corrected chi connectivity index (χ2v) is 3.89. The Hall–Kier alpha value is -1.60. The van der Waals surface area contributed by atoms with Crippen molar-refractivity contribution < 1.29 is 0 Å². The van der Waals surface area contributed by atoms with Gasteiger partial charge < -0.3 is 11.1 Å². The molecular formula is C11H14N4. The van der Waals surface area contributed by atoms with E-state index in [1.807, 2.05) is 12.1 Å². The predicted octanol–water partition coefficient (Wildman–Crippen LogP) is 1.24. The van der Waals surface area contributed by atoms with Crippen molar-refractivity contribution in [2.24, 2.45) is 5.73 Å². The Morgan fingerprint density at radius 2 is 2.40 bits per heavy atom. The van der Waals surface area contributed by atoms with Crippen LogP contribution in [0.5, 0.6) is 0 Å². The van der Waals surface area contributed by atoms with E-state index < -0.39 is 0 Å². The molecule has 1 aromatic heterocycles. The van der Waals surface area contributed by atoms with Gasteiger partial charge in [0.15, 0.2) is 0 Å². The lowest BCUT2D eigenvalue weighted by Gasteiger charge is -2.18. The maximum absolute atomic E-state index is 8.71. The highest BCUT2D eigenvalue weighted by Crippen LogP contribution is 2.21. The first-order valence-corrected chi connectivity index (χ1v) is 5.18. The van der Waals surface area contributed by atoms with Crippen LogP contribution in [0.2, 0.25) is 0 Å². The normalized spacial score (nSPS) is 24.8.